The van der Waals surface area contributed by atoms with E-state index in [1.165, 1.54) is 0 Å². The van der Waals surface area contributed by atoms with E-state index in [2.05, 4.69) is 22.8 Å². The quantitative estimate of drug-likeness (QED) is 0.222. The molecule has 0 bridgehead atoms. The Morgan fingerprint density at radius 2 is 1.83 bits per heavy atom. The molecule has 0 spiro atoms. The molecular weight excluding hydrogens is 458 g/mol. The number of benzene rings is 3. The molecule has 2 heterocycles. The van der Waals surface area contributed by atoms with Gasteiger partial charge in [-0.15, -0.1) is 11.8 Å². The third-order valence-corrected chi connectivity index (χ3v) is 7.12. The van der Waals surface area contributed by atoms with Crippen LogP contribution in [0.5, 0.6) is 11.5 Å². The van der Waals surface area contributed by atoms with Crippen molar-refractivity contribution in [2.45, 2.75) is 30.2 Å². The minimum Gasteiger partial charge on any atom is -0.493 e. The summed E-state index contributed by atoms with van der Waals surface area (Å²) in [6.45, 7) is 1.96. The number of nitrogens with zero attached hydrogens (tertiary/aromatic N) is 3. The van der Waals surface area contributed by atoms with E-state index in [0.29, 0.717) is 19.6 Å². The lowest BCUT2D eigenvalue weighted by atomic mass is 10.1. The molecule has 180 valence electrons. The second-order valence-corrected chi connectivity index (χ2v) is 9.45. The maximum Gasteiger partial charge on any atom is 0.227 e. The fourth-order valence-corrected chi connectivity index (χ4v) is 5.15. The van der Waals surface area contributed by atoms with Crippen molar-refractivity contribution in [3.05, 3.63) is 78.6 Å². The van der Waals surface area contributed by atoms with E-state index < -0.39 is 0 Å². The van der Waals surface area contributed by atoms with E-state index in [9.17, 15) is 4.79 Å². The van der Waals surface area contributed by atoms with Crippen LogP contribution in [0.1, 0.15) is 24.6 Å². The number of hydrogen-bond acceptors (Lipinski definition) is 5. The van der Waals surface area contributed by atoms with Crippen molar-refractivity contribution in [1.82, 2.24) is 9.55 Å². The SMILES string of the molecule is COc1ccccc1OCCCn1c(C2CC(=O)N(c3cccc(SC)c3)C2)nc2ccccc21. The molecule has 1 aliphatic heterocycles. The zero-order valence-electron chi connectivity index (χ0n) is 20.0. The lowest BCUT2D eigenvalue weighted by Gasteiger charge is -2.18. The number of aromatic nitrogens is 2. The molecular formula is C28H29N3O3S. The second kappa shape index (κ2) is 10.4. The highest BCUT2D eigenvalue weighted by Gasteiger charge is 2.34. The first-order chi connectivity index (χ1) is 17.2. The summed E-state index contributed by atoms with van der Waals surface area (Å²) in [7, 11) is 1.65. The summed E-state index contributed by atoms with van der Waals surface area (Å²) in [5.41, 5.74) is 3.01. The Labute approximate surface area is 209 Å². The van der Waals surface area contributed by atoms with Gasteiger partial charge >= 0.3 is 0 Å². The smallest absolute Gasteiger partial charge is 0.227 e. The standard InChI is InChI=1S/C28H29N3O3S/c1-33-25-13-5-6-14-26(25)34-16-8-15-30-24-12-4-3-11-23(24)29-28(30)20-17-27(32)31(19-20)21-9-7-10-22(18-21)35-2/h3-7,9-14,18,20H,8,15-17,19H2,1-2H3. The van der Waals surface area contributed by atoms with E-state index in [0.717, 1.165) is 51.9 Å². The first-order valence-corrected chi connectivity index (χ1v) is 13.1. The van der Waals surface area contributed by atoms with Gasteiger partial charge in [0, 0.05) is 36.0 Å². The molecule has 0 saturated carbocycles. The monoisotopic (exact) mass is 487 g/mol. The summed E-state index contributed by atoms with van der Waals surface area (Å²) in [5, 5.41) is 0. The van der Waals surface area contributed by atoms with Gasteiger partial charge in [-0.05, 0) is 55.1 Å². The predicted octanol–water partition coefficient (Wildman–Crippen LogP) is 5.76. The van der Waals surface area contributed by atoms with Crippen LogP contribution in [-0.4, -0.2) is 42.0 Å². The zero-order chi connectivity index (χ0) is 24.2. The average Bonchev–Trinajstić information content (AvgIpc) is 3.47. The third kappa shape index (κ3) is 4.86. The Hall–Kier alpha value is -3.45. The molecule has 1 aliphatic rings. The van der Waals surface area contributed by atoms with Crippen molar-refractivity contribution < 1.29 is 14.3 Å². The normalized spacial score (nSPS) is 15.7. The van der Waals surface area contributed by atoms with Gasteiger partial charge in [0.05, 0.1) is 24.8 Å². The molecule has 6 nitrogen and oxygen atoms in total. The molecule has 0 N–H and O–H groups in total. The average molecular weight is 488 g/mol. The minimum absolute atomic E-state index is 0.0444. The highest BCUT2D eigenvalue weighted by molar-refractivity contribution is 7.98. The van der Waals surface area contributed by atoms with Crippen LogP contribution in [0.4, 0.5) is 5.69 Å². The van der Waals surface area contributed by atoms with E-state index in [4.69, 9.17) is 14.5 Å². The van der Waals surface area contributed by atoms with Gasteiger partial charge in [-0.2, -0.15) is 0 Å². The lowest BCUT2D eigenvalue weighted by molar-refractivity contribution is -0.117. The van der Waals surface area contributed by atoms with Crippen molar-refractivity contribution in [1.29, 1.82) is 0 Å². The van der Waals surface area contributed by atoms with Crippen LogP contribution in [0.3, 0.4) is 0 Å². The van der Waals surface area contributed by atoms with Gasteiger partial charge in [-0.25, -0.2) is 4.98 Å². The number of methoxy groups -OCH3 is 1. The fraction of sp³-hybridized carbons (Fsp3) is 0.286. The number of carbonyl (C=O) groups is 1. The number of rotatable bonds is 9. The number of anilines is 1. The molecule has 1 fully saturated rings. The maximum absolute atomic E-state index is 13.0. The van der Waals surface area contributed by atoms with Crippen LogP contribution >= 0.6 is 11.8 Å². The van der Waals surface area contributed by atoms with Crippen LogP contribution in [0.15, 0.2) is 77.7 Å². The molecule has 1 amide bonds. The van der Waals surface area contributed by atoms with Crippen molar-refractivity contribution in [2.75, 3.05) is 31.4 Å². The van der Waals surface area contributed by atoms with E-state index in [-0.39, 0.29) is 11.8 Å². The molecule has 7 heteroatoms. The molecule has 1 atom stereocenters. The molecule has 1 aromatic heterocycles. The lowest BCUT2D eigenvalue weighted by Crippen LogP contribution is -2.24. The van der Waals surface area contributed by atoms with Gasteiger partial charge in [0.15, 0.2) is 11.5 Å². The summed E-state index contributed by atoms with van der Waals surface area (Å²) in [6.07, 6.45) is 3.32. The second-order valence-electron chi connectivity index (χ2n) is 8.57. The molecule has 1 saturated heterocycles. The van der Waals surface area contributed by atoms with Crippen LogP contribution in [-0.2, 0) is 11.3 Å². The first kappa shape index (κ1) is 23.3. The Kier molecular flexibility index (Phi) is 6.95. The Morgan fingerprint density at radius 3 is 2.66 bits per heavy atom. The number of amides is 1. The minimum atomic E-state index is 0.0444. The summed E-state index contributed by atoms with van der Waals surface area (Å²) < 4.78 is 13.6. The molecule has 0 aliphatic carbocycles. The number of thioether (sulfide) groups is 1. The third-order valence-electron chi connectivity index (χ3n) is 6.39. The van der Waals surface area contributed by atoms with Crippen LogP contribution < -0.4 is 14.4 Å². The largest absolute Gasteiger partial charge is 0.493 e. The van der Waals surface area contributed by atoms with Crippen molar-refractivity contribution >= 4 is 34.4 Å². The van der Waals surface area contributed by atoms with Gasteiger partial charge in [-0.1, -0.05) is 30.3 Å². The van der Waals surface area contributed by atoms with Crippen LogP contribution in [0.25, 0.3) is 11.0 Å². The van der Waals surface area contributed by atoms with Crippen LogP contribution in [0.2, 0.25) is 0 Å². The van der Waals surface area contributed by atoms with Gasteiger partial charge in [0.25, 0.3) is 0 Å². The number of aryl methyl sites for hydroxylation is 1. The molecule has 35 heavy (non-hydrogen) atoms. The number of fused-ring (bicyclic) bond motifs is 1. The summed E-state index contributed by atoms with van der Waals surface area (Å²) in [5.74, 6) is 2.64. The highest BCUT2D eigenvalue weighted by Crippen LogP contribution is 2.34. The predicted molar refractivity (Wildman–Crippen MR) is 141 cm³/mol. The topological polar surface area (TPSA) is 56.6 Å². The van der Waals surface area contributed by atoms with Crippen molar-refractivity contribution in [3.63, 3.8) is 0 Å². The van der Waals surface area contributed by atoms with Crippen molar-refractivity contribution in [3.8, 4) is 11.5 Å². The maximum atomic E-state index is 13.0. The first-order valence-electron chi connectivity index (χ1n) is 11.8. The summed E-state index contributed by atoms with van der Waals surface area (Å²) in [4.78, 5) is 21.0. The van der Waals surface area contributed by atoms with E-state index in [1.807, 2.05) is 65.8 Å². The molecule has 4 aromatic rings. The molecule has 1 unspecified atom stereocenters. The number of imidazole rings is 1. The van der Waals surface area contributed by atoms with Gasteiger partial charge in [0.2, 0.25) is 5.91 Å². The zero-order valence-corrected chi connectivity index (χ0v) is 20.8. The number of ether oxygens (including phenoxy) is 2. The number of hydrogen-bond donors (Lipinski definition) is 0. The van der Waals surface area contributed by atoms with Crippen LogP contribution in [0, 0.1) is 0 Å². The Morgan fingerprint density at radius 1 is 1.03 bits per heavy atom. The Balaban J connectivity index is 1.34. The molecule has 5 rings (SSSR count). The van der Waals surface area contributed by atoms with E-state index >= 15 is 0 Å². The number of carbonyl (C=O) groups excluding carboxylic acids is 1. The van der Waals surface area contributed by atoms with Crippen molar-refractivity contribution in [2.24, 2.45) is 0 Å². The highest BCUT2D eigenvalue weighted by atomic mass is 32.2. The van der Waals surface area contributed by atoms with E-state index in [1.54, 1.807) is 18.9 Å². The number of para-hydroxylation sites is 4. The Bertz CT molecular complexity index is 1340. The molecule has 0 radical (unpaired) electrons. The summed E-state index contributed by atoms with van der Waals surface area (Å²) >= 11 is 1.68. The molecule has 3 aromatic carbocycles. The van der Waals surface area contributed by atoms with Gasteiger partial charge in [0.1, 0.15) is 5.82 Å². The fourth-order valence-electron chi connectivity index (χ4n) is 4.69. The summed E-state index contributed by atoms with van der Waals surface area (Å²) in [6, 6.07) is 24.1. The van der Waals surface area contributed by atoms with Gasteiger partial charge < -0.3 is 18.9 Å². The van der Waals surface area contributed by atoms with Gasteiger partial charge in [-0.3, -0.25) is 4.79 Å².